The van der Waals surface area contributed by atoms with E-state index >= 15 is 0 Å². The number of benzene rings is 3. The number of halogens is 1. The number of carbonyl (C=O) groups is 2. The van der Waals surface area contributed by atoms with Crippen molar-refractivity contribution in [1.29, 1.82) is 0 Å². The highest BCUT2D eigenvalue weighted by Gasteiger charge is 2.31. The van der Waals surface area contributed by atoms with Crippen molar-refractivity contribution in [3.05, 3.63) is 102 Å². The van der Waals surface area contributed by atoms with Gasteiger partial charge >= 0.3 is 0 Å². The van der Waals surface area contributed by atoms with Gasteiger partial charge in [0.1, 0.15) is 17.6 Å². The first kappa shape index (κ1) is 25.0. The summed E-state index contributed by atoms with van der Waals surface area (Å²) in [6.45, 7) is 4.18. The molecule has 3 rings (SSSR count). The number of para-hydroxylation sites is 1. The average Bonchev–Trinajstić information content (AvgIpc) is 2.85. The highest BCUT2D eigenvalue weighted by atomic mass is 19.1. The minimum Gasteiger partial charge on any atom is -0.484 e. The van der Waals surface area contributed by atoms with Gasteiger partial charge in [-0.1, -0.05) is 80.6 Å². The van der Waals surface area contributed by atoms with Crippen LogP contribution >= 0.6 is 0 Å². The Morgan fingerprint density at radius 3 is 2.18 bits per heavy atom. The van der Waals surface area contributed by atoms with Gasteiger partial charge in [-0.3, -0.25) is 9.59 Å². The number of nitrogens with zero attached hydrogens (tertiary/aromatic N) is 1. The van der Waals surface area contributed by atoms with Gasteiger partial charge in [-0.2, -0.15) is 0 Å². The van der Waals surface area contributed by atoms with Crippen molar-refractivity contribution in [2.24, 2.45) is 5.92 Å². The van der Waals surface area contributed by atoms with Gasteiger partial charge < -0.3 is 15.0 Å². The Hall–Kier alpha value is -3.67. The maximum atomic E-state index is 14.5. The zero-order chi connectivity index (χ0) is 24.3. The summed E-state index contributed by atoms with van der Waals surface area (Å²) in [6.07, 6.45) is 0.302. The fourth-order valence-electron chi connectivity index (χ4n) is 3.53. The molecule has 3 aromatic carbocycles. The molecule has 2 amide bonds. The Morgan fingerprint density at radius 2 is 1.53 bits per heavy atom. The molecule has 178 valence electrons. The number of hydrogen-bond donors (Lipinski definition) is 1. The summed E-state index contributed by atoms with van der Waals surface area (Å²) >= 11 is 0. The van der Waals surface area contributed by atoms with Crippen LogP contribution in [0.25, 0.3) is 0 Å². The lowest BCUT2D eigenvalue weighted by molar-refractivity contribution is -0.142. The highest BCUT2D eigenvalue weighted by molar-refractivity contribution is 5.88. The topological polar surface area (TPSA) is 58.6 Å². The molecule has 0 saturated carbocycles. The molecule has 0 bridgehead atoms. The maximum Gasteiger partial charge on any atom is 0.261 e. The summed E-state index contributed by atoms with van der Waals surface area (Å²) in [5, 5.41) is 2.94. The Labute approximate surface area is 200 Å². The zero-order valence-electron chi connectivity index (χ0n) is 19.6. The van der Waals surface area contributed by atoms with Crippen molar-refractivity contribution in [3.63, 3.8) is 0 Å². The van der Waals surface area contributed by atoms with Gasteiger partial charge in [0.25, 0.3) is 5.91 Å². The van der Waals surface area contributed by atoms with Crippen LogP contribution in [0.2, 0.25) is 0 Å². The molecule has 1 N–H and O–H groups in total. The lowest BCUT2D eigenvalue weighted by Crippen LogP contribution is -2.52. The highest BCUT2D eigenvalue weighted by Crippen LogP contribution is 2.18. The van der Waals surface area contributed by atoms with Crippen LogP contribution in [0.4, 0.5) is 4.39 Å². The van der Waals surface area contributed by atoms with Crippen LogP contribution in [-0.2, 0) is 22.6 Å². The number of hydrogen-bond acceptors (Lipinski definition) is 3. The van der Waals surface area contributed by atoms with E-state index in [4.69, 9.17) is 4.74 Å². The molecule has 0 spiro atoms. The quantitative estimate of drug-likeness (QED) is 0.453. The Kier molecular flexibility index (Phi) is 9.21. The van der Waals surface area contributed by atoms with Gasteiger partial charge in [0, 0.05) is 25.1 Å². The van der Waals surface area contributed by atoms with Gasteiger partial charge in [0.05, 0.1) is 0 Å². The molecule has 0 saturated heterocycles. The van der Waals surface area contributed by atoms with E-state index in [2.05, 4.69) is 5.32 Å². The van der Waals surface area contributed by atoms with Crippen molar-refractivity contribution < 1.29 is 18.7 Å². The summed E-state index contributed by atoms with van der Waals surface area (Å²) in [4.78, 5) is 28.1. The van der Waals surface area contributed by atoms with Crippen LogP contribution in [0.5, 0.6) is 5.75 Å². The number of carbonyl (C=O) groups excluding carboxylic acids is 2. The van der Waals surface area contributed by atoms with E-state index in [1.807, 2.05) is 62.4 Å². The summed E-state index contributed by atoms with van der Waals surface area (Å²) in [5.41, 5.74) is 1.24. The van der Waals surface area contributed by atoms with Crippen LogP contribution in [0.3, 0.4) is 0 Å². The van der Waals surface area contributed by atoms with Crippen molar-refractivity contribution in [1.82, 2.24) is 10.2 Å². The van der Waals surface area contributed by atoms with Crippen LogP contribution in [0.1, 0.15) is 25.0 Å². The number of ether oxygens (including phenoxy) is 1. The molecule has 0 unspecified atom stereocenters. The van der Waals surface area contributed by atoms with Crippen LogP contribution < -0.4 is 10.1 Å². The molecule has 0 heterocycles. The van der Waals surface area contributed by atoms with Crippen molar-refractivity contribution in [2.75, 3.05) is 13.2 Å². The van der Waals surface area contributed by atoms with Crippen molar-refractivity contribution in [3.8, 4) is 5.75 Å². The van der Waals surface area contributed by atoms with E-state index in [1.165, 1.54) is 11.0 Å². The van der Waals surface area contributed by atoms with Gasteiger partial charge in [0.2, 0.25) is 5.91 Å². The number of nitrogens with one attached hydrogen (secondary N) is 1. The molecular weight excluding hydrogens is 431 g/mol. The first-order valence-electron chi connectivity index (χ1n) is 11.5. The van der Waals surface area contributed by atoms with Gasteiger partial charge in [0.15, 0.2) is 6.61 Å². The first-order chi connectivity index (χ1) is 16.4. The lowest BCUT2D eigenvalue weighted by atomic mass is 10.0. The van der Waals surface area contributed by atoms with E-state index in [0.29, 0.717) is 24.3 Å². The number of amides is 2. The van der Waals surface area contributed by atoms with Crippen molar-refractivity contribution in [2.45, 2.75) is 32.9 Å². The number of rotatable bonds is 11. The second-order valence-electron chi connectivity index (χ2n) is 8.56. The second kappa shape index (κ2) is 12.5. The van der Waals surface area contributed by atoms with E-state index < -0.39 is 17.8 Å². The molecule has 0 aliphatic rings. The summed E-state index contributed by atoms with van der Waals surface area (Å²) in [6, 6.07) is 24.0. The summed E-state index contributed by atoms with van der Waals surface area (Å²) < 4.78 is 20.2. The minimum atomic E-state index is -0.826. The SMILES string of the molecule is CC(C)CNC(=O)[C@H](Cc1ccccc1)N(Cc1ccccc1F)C(=O)COc1ccccc1. The third kappa shape index (κ3) is 7.44. The first-order valence-corrected chi connectivity index (χ1v) is 11.5. The van der Waals surface area contributed by atoms with Gasteiger partial charge in [-0.15, -0.1) is 0 Å². The summed E-state index contributed by atoms with van der Waals surface area (Å²) in [7, 11) is 0. The maximum absolute atomic E-state index is 14.5. The third-order valence-corrected chi connectivity index (χ3v) is 5.36. The van der Waals surface area contributed by atoms with Gasteiger partial charge in [-0.25, -0.2) is 4.39 Å². The third-order valence-electron chi connectivity index (χ3n) is 5.36. The van der Waals surface area contributed by atoms with Crippen molar-refractivity contribution >= 4 is 11.8 Å². The molecule has 5 nitrogen and oxygen atoms in total. The van der Waals surface area contributed by atoms with E-state index in [-0.39, 0.29) is 25.0 Å². The average molecular weight is 463 g/mol. The Bertz CT molecular complexity index is 1060. The van der Waals surface area contributed by atoms with E-state index in [1.54, 1.807) is 30.3 Å². The Balaban J connectivity index is 1.90. The van der Waals surface area contributed by atoms with E-state index in [0.717, 1.165) is 5.56 Å². The molecule has 0 radical (unpaired) electrons. The smallest absolute Gasteiger partial charge is 0.261 e. The fraction of sp³-hybridized carbons (Fsp3) is 0.286. The molecule has 34 heavy (non-hydrogen) atoms. The van der Waals surface area contributed by atoms with E-state index in [9.17, 15) is 14.0 Å². The molecule has 1 atom stereocenters. The van der Waals surface area contributed by atoms with Crippen LogP contribution in [-0.4, -0.2) is 35.9 Å². The standard InChI is InChI=1S/C28H31FN2O3/c1-21(2)18-30-28(33)26(17-22-11-5-3-6-12-22)31(19-23-13-9-10-16-25(23)29)27(32)20-34-24-14-7-4-8-15-24/h3-16,21,26H,17-20H2,1-2H3,(H,30,33)/t26-/m0/s1. The predicted molar refractivity (Wildman–Crippen MR) is 131 cm³/mol. The Morgan fingerprint density at radius 1 is 0.912 bits per heavy atom. The zero-order valence-corrected chi connectivity index (χ0v) is 19.6. The normalized spacial score (nSPS) is 11.6. The molecular formula is C28H31FN2O3. The molecule has 0 aliphatic carbocycles. The van der Waals surface area contributed by atoms with Crippen LogP contribution in [0.15, 0.2) is 84.9 Å². The largest absolute Gasteiger partial charge is 0.484 e. The predicted octanol–water partition coefficient (Wildman–Crippen LogP) is 4.62. The summed E-state index contributed by atoms with van der Waals surface area (Å²) in [5.74, 6) is -0.302. The monoisotopic (exact) mass is 462 g/mol. The lowest BCUT2D eigenvalue weighted by Gasteiger charge is -2.31. The second-order valence-corrected chi connectivity index (χ2v) is 8.56. The van der Waals surface area contributed by atoms with Crippen LogP contribution in [0, 0.1) is 11.7 Å². The molecule has 0 aromatic heterocycles. The molecule has 0 aliphatic heterocycles. The van der Waals surface area contributed by atoms with Gasteiger partial charge in [-0.05, 0) is 29.7 Å². The molecule has 0 fully saturated rings. The minimum absolute atomic E-state index is 0.0454. The molecule has 3 aromatic rings. The molecule has 6 heteroatoms. The fourth-order valence-corrected chi connectivity index (χ4v) is 3.53.